The summed E-state index contributed by atoms with van der Waals surface area (Å²) in [7, 11) is 1.78. The van der Waals surface area contributed by atoms with Gasteiger partial charge in [-0.3, -0.25) is 4.90 Å². The lowest BCUT2D eigenvalue weighted by Gasteiger charge is -2.73. The average molecular weight is 466 g/mol. The maximum Gasteiger partial charge on any atom is 0.165 e. The van der Waals surface area contributed by atoms with E-state index in [1.165, 1.54) is 30.5 Å². The van der Waals surface area contributed by atoms with Crippen molar-refractivity contribution in [3.8, 4) is 11.5 Å². The van der Waals surface area contributed by atoms with Crippen molar-refractivity contribution in [2.45, 2.75) is 88.6 Å². The zero-order valence-electron chi connectivity index (χ0n) is 21.2. The monoisotopic (exact) mass is 465 g/mol. The number of fused-ring (bicyclic) bond motifs is 1. The molecule has 5 aliphatic carbocycles. The summed E-state index contributed by atoms with van der Waals surface area (Å²) in [6.07, 6.45) is 10.0. The molecule has 1 saturated heterocycles. The van der Waals surface area contributed by atoms with Crippen LogP contribution in [-0.4, -0.2) is 58.7 Å². The molecule has 2 aliphatic heterocycles. The van der Waals surface area contributed by atoms with Crippen LogP contribution in [0.25, 0.3) is 0 Å². The van der Waals surface area contributed by atoms with Crippen molar-refractivity contribution in [1.82, 2.24) is 4.90 Å². The Morgan fingerprint density at radius 1 is 1.18 bits per heavy atom. The molecule has 0 amide bonds. The first kappa shape index (κ1) is 21.7. The number of hydrogen-bond acceptors (Lipinski definition) is 5. The smallest absolute Gasteiger partial charge is 0.165 e. The van der Waals surface area contributed by atoms with Crippen LogP contribution >= 0.6 is 0 Å². The number of benzene rings is 1. The van der Waals surface area contributed by atoms with Crippen molar-refractivity contribution in [3.63, 3.8) is 0 Å². The lowest BCUT2D eigenvalue weighted by molar-refractivity contribution is -0.263. The van der Waals surface area contributed by atoms with Gasteiger partial charge in [0.15, 0.2) is 11.5 Å². The summed E-state index contributed by atoms with van der Waals surface area (Å²) in [4.78, 5) is 2.77. The summed E-state index contributed by atoms with van der Waals surface area (Å²) in [6, 6.07) is 4.33. The van der Waals surface area contributed by atoms with E-state index in [0.29, 0.717) is 11.8 Å². The number of likely N-dealkylation sites (tertiary alicyclic amines) is 1. The minimum absolute atomic E-state index is 0.116. The van der Waals surface area contributed by atoms with Crippen LogP contribution in [0.3, 0.4) is 0 Å². The molecule has 7 aliphatic rings. The Hall–Kier alpha value is -1.56. The van der Waals surface area contributed by atoms with E-state index in [9.17, 15) is 10.2 Å². The van der Waals surface area contributed by atoms with Crippen molar-refractivity contribution < 1.29 is 19.7 Å². The summed E-state index contributed by atoms with van der Waals surface area (Å²) in [5.74, 6) is 1.62. The molecule has 0 aromatic heterocycles. The van der Waals surface area contributed by atoms with Gasteiger partial charge in [0.2, 0.25) is 0 Å². The number of phenolic OH excluding ortho intramolecular Hbond substituents is 1. The standard InChI is InChI=1S/C29H39NO4/c1-25(2,3)26(4,32)20-15-27-10-11-29(20,33-5)24-28(27)12-13-30(16-17-6-7-17)21(27)14-18-8-9-19(31)23(34-24)22(18)28/h8-11,17,20-21,24,31-32H,6-7,12-16H2,1-5H3/t20-,21-,24-,26?,27-,28+,29+/m1/s1. The third-order valence-corrected chi connectivity index (χ3v) is 11.3. The first-order valence-corrected chi connectivity index (χ1v) is 13.3. The molecule has 0 radical (unpaired) electrons. The van der Waals surface area contributed by atoms with Gasteiger partial charge in [0, 0.05) is 36.6 Å². The summed E-state index contributed by atoms with van der Waals surface area (Å²) < 4.78 is 13.3. The second-order valence-corrected chi connectivity index (χ2v) is 13.4. The van der Waals surface area contributed by atoms with Gasteiger partial charge in [-0.2, -0.15) is 0 Å². The van der Waals surface area contributed by atoms with E-state index in [0.717, 1.165) is 31.7 Å². The van der Waals surface area contributed by atoms with E-state index < -0.39 is 11.2 Å². The van der Waals surface area contributed by atoms with E-state index in [1.54, 1.807) is 7.11 Å². The van der Waals surface area contributed by atoms with Crippen molar-refractivity contribution >= 4 is 0 Å². The molecule has 4 bridgehead atoms. The fraction of sp³-hybridized carbons (Fsp3) is 0.724. The lowest BCUT2D eigenvalue weighted by atomic mass is 9.35. The minimum Gasteiger partial charge on any atom is -0.504 e. The number of nitrogens with zero attached hydrogens (tertiary/aromatic N) is 1. The number of rotatable bonds is 4. The van der Waals surface area contributed by atoms with E-state index in [1.807, 2.05) is 13.0 Å². The van der Waals surface area contributed by atoms with Crippen LogP contribution in [0.2, 0.25) is 0 Å². The average Bonchev–Trinajstić information content (AvgIpc) is 3.53. The quantitative estimate of drug-likeness (QED) is 0.653. The zero-order valence-corrected chi connectivity index (χ0v) is 21.2. The van der Waals surface area contributed by atoms with Gasteiger partial charge in [0.05, 0.1) is 11.0 Å². The number of ether oxygens (including phenoxy) is 2. The van der Waals surface area contributed by atoms with Gasteiger partial charge in [-0.25, -0.2) is 0 Å². The van der Waals surface area contributed by atoms with Gasteiger partial charge < -0.3 is 19.7 Å². The first-order valence-electron chi connectivity index (χ1n) is 13.3. The Morgan fingerprint density at radius 2 is 1.94 bits per heavy atom. The molecule has 2 heterocycles. The van der Waals surface area contributed by atoms with E-state index in [-0.39, 0.29) is 34.0 Å². The summed E-state index contributed by atoms with van der Waals surface area (Å²) in [5.41, 5.74) is 0.165. The molecule has 184 valence electrons. The maximum absolute atomic E-state index is 12.2. The summed E-state index contributed by atoms with van der Waals surface area (Å²) in [6.45, 7) is 10.6. The van der Waals surface area contributed by atoms with Crippen LogP contribution in [-0.2, 0) is 16.6 Å². The molecule has 7 atom stereocenters. The highest BCUT2D eigenvalue weighted by Crippen LogP contribution is 2.76. The summed E-state index contributed by atoms with van der Waals surface area (Å²) in [5, 5.41) is 23.1. The number of hydrogen-bond donors (Lipinski definition) is 2. The topological polar surface area (TPSA) is 62.2 Å². The van der Waals surface area contributed by atoms with Crippen LogP contribution in [0.15, 0.2) is 24.3 Å². The lowest BCUT2D eigenvalue weighted by Crippen LogP contribution is -2.81. The fourth-order valence-electron chi connectivity index (χ4n) is 8.94. The predicted molar refractivity (Wildman–Crippen MR) is 130 cm³/mol. The second-order valence-electron chi connectivity index (χ2n) is 13.4. The summed E-state index contributed by atoms with van der Waals surface area (Å²) >= 11 is 0. The van der Waals surface area contributed by atoms with Gasteiger partial charge >= 0.3 is 0 Å². The van der Waals surface area contributed by atoms with Crippen LogP contribution in [0.4, 0.5) is 0 Å². The highest BCUT2D eigenvalue weighted by Gasteiger charge is 2.81. The second kappa shape index (κ2) is 6.22. The molecule has 1 unspecified atom stereocenters. The van der Waals surface area contributed by atoms with Crippen LogP contribution < -0.4 is 4.74 Å². The van der Waals surface area contributed by atoms with Crippen LogP contribution in [0.5, 0.6) is 11.5 Å². The molecule has 1 aromatic carbocycles. The molecule has 8 rings (SSSR count). The molecule has 5 nitrogen and oxygen atoms in total. The molecule has 34 heavy (non-hydrogen) atoms. The van der Waals surface area contributed by atoms with Gasteiger partial charge in [-0.15, -0.1) is 0 Å². The van der Waals surface area contributed by atoms with Crippen LogP contribution in [0, 0.1) is 22.7 Å². The van der Waals surface area contributed by atoms with Crippen molar-refractivity contribution in [1.29, 1.82) is 0 Å². The van der Waals surface area contributed by atoms with Gasteiger partial charge in [0.25, 0.3) is 0 Å². The molecule has 2 N–H and O–H groups in total. The fourth-order valence-corrected chi connectivity index (χ4v) is 8.94. The normalized spacial score (nSPS) is 43.4. The van der Waals surface area contributed by atoms with Crippen molar-refractivity contribution in [3.05, 3.63) is 35.4 Å². The van der Waals surface area contributed by atoms with Crippen molar-refractivity contribution in [2.75, 3.05) is 20.2 Å². The Morgan fingerprint density at radius 3 is 2.62 bits per heavy atom. The Labute approximate surface area is 203 Å². The van der Waals surface area contributed by atoms with Gasteiger partial charge in [0.1, 0.15) is 11.7 Å². The highest BCUT2D eigenvalue weighted by molar-refractivity contribution is 5.65. The molecule has 2 saturated carbocycles. The third kappa shape index (κ3) is 2.20. The largest absolute Gasteiger partial charge is 0.504 e. The zero-order chi connectivity index (χ0) is 23.9. The molecular formula is C29H39NO4. The number of aromatic hydroxyl groups is 1. The predicted octanol–water partition coefficient (Wildman–Crippen LogP) is 4.19. The number of aliphatic hydroxyl groups is 1. The Balaban J connectivity index is 1.49. The van der Waals surface area contributed by atoms with Gasteiger partial charge in [-0.1, -0.05) is 39.0 Å². The molecule has 2 spiro atoms. The van der Waals surface area contributed by atoms with Crippen molar-refractivity contribution in [2.24, 2.45) is 22.7 Å². The first-order chi connectivity index (χ1) is 16.0. The third-order valence-electron chi connectivity index (χ3n) is 11.3. The minimum atomic E-state index is -0.960. The number of methoxy groups -OCH3 is 1. The number of piperidine rings is 1. The van der Waals surface area contributed by atoms with Gasteiger partial charge in [-0.05, 0) is 68.5 Å². The molecular weight excluding hydrogens is 426 g/mol. The highest BCUT2D eigenvalue weighted by atomic mass is 16.6. The number of phenols is 1. The SMILES string of the molecule is CO[C@@]12C=C[C@@]3(C[C@@H]1C(C)(O)C(C)(C)C)[C@H]1Cc4ccc(O)c5c4[C@@]3(CCN1CC1CC1)[C@H]2O5. The molecule has 3 fully saturated rings. The molecule has 1 aromatic rings. The molecule has 5 heteroatoms. The Bertz CT molecular complexity index is 1100. The maximum atomic E-state index is 12.2. The Kier molecular flexibility index (Phi) is 3.97. The van der Waals surface area contributed by atoms with E-state index in [2.05, 4.69) is 43.9 Å². The van der Waals surface area contributed by atoms with E-state index in [4.69, 9.17) is 9.47 Å². The van der Waals surface area contributed by atoms with E-state index >= 15 is 0 Å². The van der Waals surface area contributed by atoms with Crippen LogP contribution in [0.1, 0.15) is 64.5 Å².